The van der Waals surface area contributed by atoms with Crippen molar-refractivity contribution in [3.8, 4) is 5.69 Å². The van der Waals surface area contributed by atoms with E-state index in [-0.39, 0.29) is 11.5 Å². The summed E-state index contributed by atoms with van der Waals surface area (Å²) in [5.74, 6) is -0.252. The van der Waals surface area contributed by atoms with Crippen molar-refractivity contribution in [2.75, 3.05) is 0 Å². The Hall–Kier alpha value is -3.54. The van der Waals surface area contributed by atoms with E-state index in [1.54, 1.807) is 22.9 Å². The van der Waals surface area contributed by atoms with Crippen molar-refractivity contribution in [3.63, 3.8) is 0 Å². The molecule has 0 bridgehead atoms. The first-order chi connectivity index (χ1) is 12.1. The lowest BCUT2D eigenvalue weighted by Crippen LogP contribution is -2.01. The molecule has 0 aliphatic carbocycles. The predicted octanol–water partition coefficient (Wildman–Crippen LogP) is 3.99. The SMILES string of the molecule is Cc1c(C(=O)/C=C/c2ccccc2[N+](=O)[O-])cnn1-c1ccccc1. The van der Waals surface area contributed by atoms with Crippen LogP contribution >= 0.6 is 0 Å². The van der Waals surface area contributed by atoms with Crippen LogP contribution in [0.3, 0.4) is 0 Å². The summed E-state index contributed by atoms with van der Waals surface area (Å²) in [6.07, 6.45) is 4.30. The van der Waals surface area contributed by atoms with Gasteiger partial charge in [-0.3, -0.25) is 14.9 Å². The highest BCUT2D eigenvalue weighted by molar-refractivity contribution is 6.07. The Morgan fingerprint density at radius 3 is 2.52 bits per heavy atom. The van der Waals surface area contributed by atoms with Crippen LogP contribution in [0.25, 0.3) is 11.8 Å². The van der Waals surface area contributed by atoms with E-state index in [4.69, 9.17) is 0 Å². The average molecular weight is 333 g/mol. The van der Waals surface area contributed by atoms with Gasteiger partial charge in [-0.2, -0.15) is 5.10 Å². The van der Waals surface area contributed by atoms with Gasteiger partial charge in [0, 0.05) is 6.07 Å². The molecule has 1 aromatic heterocycles. The fourth-order valence-corrected chi connectivity index (χ4v) is 2.53. The summed E-state index contributed by atoms with van der Waals surface area (Å²) in [6.45, 7) is 1.81. The minimum atomic E-state index is -0.469. The summed E-state index contributed by atoms with van der Waals surface area (Å²) in [4.78, 5) is 23.0. The summed E-state index contributed by atoms with van der Waals surface area (Å²) in [5.41, 5.74) is 2.38. The maximum Gasteiger partial charge on any atom is 0.276 e. The molecule has 0 atom stereocenters. The molecule has 25 heavy (non-hydrogen) atoms. The first-order valence-electron chi connectivity index (χ1n) is 7.64. The van der Waals surface area contributed by atoms with E-state index in [0.29, 0.717) is 16.8 Å². The predicted molar refractivity (Wildman–Crippen MR) is 94.8 cm³/mol. The van der Waals surface area contributed by atoms with Crippen molar-refractivity contribution in [2.45, 2.75) is 6.92 Å². The third-order valence-corrected chi connectivity index (χ3v) is 3.82. The number of para-hydroxylation sites is 2. The van der Waals surface area contributed by atoms with Crippen molar-refractivity contribution in [1.29, 1.82) is 0 Å². The topological polar surface area (TPSA) is 78.0 Å². The Morgan fingerprint density at radius 1 is 1.12 bits per heavy atom. The van der Waals surface area contributed by atoms with Crippen LogP contribution in [0.2, 0.25) is 0 Å². The summed E-state index contributed by atoms with van der Waals surface area (Å²) >= 11 is 0. The molecule has 0 amide bonds. The Kier molecular flexibility index (Phi) is 4.52. The lowest BCUT2D eigenvalue weighted by atomic mass is 10.1. The van der Waals surface area contributed by atoms with Gasteiger partial charge in [0.2, 0.25) is 0 Å². The fourth-order valence-electron chi connectivity index (χ4n) is 2.53. The van der Waals surface area contributed by atoms with Gasteiger partial charge in [-0.1, -0.05) is 30.3 Å². The summed E-state index contributed by atoms with van der Waals surface area (Å²) in [7, 11) is 0. The van der Waals surface area contributed by atoms with E-state index in [1.165, 1.54) is 24.4 Å². The van der Waals surface area contributed by atoms with Crippen molar-refractivity contribution < 1.29 is 9.72 Å². The molecule has 0 radical (unpaired) electrons. The van der Waals surface area contributed by atoms with Crippen LogP contribution in [0, 0.1) is 17.0 Å². The van der Waals surface area contributed by atoms with Crippen molar-refractivity contribution in [3.05, 3.63) is 93.8 Å². The maximum atomic E-state index is 12.5. The number of nitro groups is 1. The van der Waals surface area contributed by atoms with Gasteiger partial charge in [-0.05, 0) is 37.3 Å². The summed E-state index contributed by atoms with van der Waals surface area (Å²) < 4.78 is 1.69. The molecule has 124 valence electrons. The van der Waals surface area contributed by atoms with Crippen molar-refractivity contribution in [1.82, 2.24) is 9.78 Å². The number of hydrogen-bond acceptors (Lipinski definition) is 4. The minimum absolute atomic E-state index is 0.0387. The first-order valence-corrected chi connectivity index (χ1v) is 7.64. The lowest BCUT2D eigenvalue weighted by molar-refractivity contribution is -0.385. The van der Waals surface area contributed by atoms with Crippen LogP contribution in [0.15, 0.2) is 66.9 Å². The summed E-state index contributed by atoms with van der Waals surface area (Å²) in [5, 5.41) is 15.3. The molecule has 0 spiro atoms. The molecule has 0 fully saturated rings. The van der Waals surface area contributed by atoms with Gasteiger partial charge in [0.05, 0.1) is 33.6 Å². The van der Waals surface area contributed by atoms with Gasteiger partial charge >= 0.3 is 0 Å². The highest BCUT2D eigenvalue weighted by atomic mass is 16.6. The highest BCUT2D eigenvalue weighted by Gasteiger charge is 2.14. The minimum Gasteiger partial charge on any atom is -0.289 e. The lowest BCUT2D eigenvalue weighted by Gasteiger charge is -2.04. The van der Waals surface area contributed by atoms with Gasteiger partial charge in [-0.15, -0.1) is 0 Å². The zero-order chi connectivity index (χ0) is 17.8. The van der Waals surface area contributed by atoms with Crippen molar-refractivity contribution >= 4 is 17.5 Å². The number of rotatable bonds is 5. The van der Waals surface area contributed by atoms with Crippen LogP contribution in [0.4, 0.5) is 5.69 Å². The molecule has 0 aliphatic rings. The molecule has 0 unspecified atom stereocenters. The van der Waals surface area contributed by atoms with E-state index in [2.05, 4.69) is 5.10 Å². The maximum absolute atomic E-state index is 12.5. The Labute approximate surface area is 144 Å². The number of benzene rings is 2. The molecular weight excluding hydrogens is 318 g/mol. The molecule has 0 saturated heterocycles. The van der Waals surface area contributed by atoms with E-state index in [9.17, 15) is 14.9 Å². The van der Waals surface area contributed by atoms with E-state index in [1.807, 2.05) is 37.3 Å². The zero-order valence-corrected chi connectivity index (χ0v) is 13.5. The molecule has 3 aromatic rings. The Morgan fingerprint density at radius 2 is 1.80 bits per heavy atom. The fraction of sp³-hybridized carbons (Fsp3) is 0.0526. The smallest absolute Gasteiger partial charge is 0.276 e. The Balaban J connectivity index is 1.88. The molecule has 0 saturated carbocycles. The Bertz CT molecular complexity index is 959. The van der Waals surface area contributed by atoms with Gasteiger partial charge in [0.15, 0.2) is 5.78 Å². The molecule has 3 rings (SSSR count). The standard InChI is InChI=1S/C19H15N3O3/c1-14-17(13-20-21(14)16-8-3-2-4-9-16)19(23)12-11-15-7-5-6-10-18(15)22(24)25/h2-13H,1H3/b12-11+. The molecule has 2 aromatic carbocycles. The number of carbonyl (C=O) groups excluding carboxylic acids is 1. The number of hydrogen-bond donors (Lipinski definition) is 0. The number of nitrogens with zero attached hydrogens (tertiary/aromatic N) is 3. The number of allylic oxidation sites excluding steroid dienone is 1. The zero-order valence-electron chi connectivity index (χ0n) is 13.5. The van der Waals surface area contributed by atoms with E-state index >= 15 is 0 Å². The molecule has 0 aliphatic heterocycles. The number of carbonyl (C=O) groups is 1. The third-order valence-electron chi connectivity index (χ3n) is 3.82. The van der Waals surface area contributed by atoms with Gasteiger partial charge in [0.25, 0.3) is 5.69 Å². The number of aromatic nitrogens is 2. The normalized spacial score (nSPS) is 10.9. The second kappa shape index (κ2) is 6.92. The van der Waals surface area contributed by atoms with Gasteiger partial charge in [-0.25, -0.2) is 4.68 Å². The number of nitro benzene ring substituents is 1. The van der Waals surface area contributed by atoms with Crippen LogP contribution in [0.1, 0.15) is 21.6 Å². The highest BCUT2D eigenvalue weighted by Crippen LogP contribution is 2.20. The first kappa shape index (κ1) is 16.3. The monoisotopic (exact) mass is 333 g/mol. The van der Waals surface area contributed by atoms with Crippen LogP contribution in [0.5, 0.6) is 0 Å². The molecule has 1 heterocycles. The molecular formula is C19H15N3O3. The average Bonchev–Trinajstić information content (AvgIpc) is 3.02. The third kappa shape index (κ3) is 3.37. The van der Waals surface area contributed by atoms with Crippen LogP contribution in [-0.4, -0.2) is 20.5 Å². The van der Waals surface area contributed by atoms with Gasteiger partial charge < -0.3 is 0 Å². The molecule has 6 nitrogen and oxygen atoms in total. The molecule has 0 N–H and O–H groups in total. The largest absolute Gasteiger partial charge is 0.289 e. The molecule has 6 heteroatoms. The quantitative estimate of drug-likeness (QED) is 0.306. The second-order valence-electron chi connectivity index (χ2n) is 5.40. The number of ketones is 1. The summed E-state index contributed by atoms with van der Waals surface area (Å²) in [6, 6.07) is 15.8. The second-order valence-corrected chi connectivity index (χ2v) is 5.40. The van der Waals surface area contributed by atoms with E-state index < -0.39 is 4.92 Å². The van der Waals surface area contributed by atoms with Crippen LogP contribution < -0.4 is 0 Å². The van der Waals surface area contributed by atoms with Crippen molar-refractivity contribution in [2.24, 2.45) is 0 Å². The van der Waals surface area contributed by atoms with Gasteiger partial charge in [0.1, 0.15) is 0 Å². The van der Waals surface area contributed by atoms with Crippen LogP contribution in [-0.2, 0) is 0 Å². The van der Waals surface area contributed by atoms with E-state index in [0.717, 1.165) is 5.69 Å².